The number of hydrogen-bond donors (Lipinski definition) is 1. The van der Waals surface area contributed by atoms with Gasteiger partial charge in [-0.2, -0.15) is 8.42 Å². The number of allylic oxidation sites excluding steroid dienone is 1. The average Bonchev–Trinajstić information content (AvgIpc) is 2.78. The highest BCUT2D eigenvalue weighted by atomic mass is 32.2. The molecule has 2 N–H and O–H groups in total. The van der Waals surface area contributed by atoms with Crippen LogP contribution in [-0.2, 0) is 23.0 Å². The fourth-order valence-electron chi connectivity index (χ4n) is 4.20. The van der Waals surface area contributed by atoms with Crippen LogP contribution in [0.25, 0.3) is 0 Å². The zero-order valence-corrected chi connectivity index (χ0v) is 19.2. The Morgan fingerprint density at radius 2 is 1.88 bits per heavy atom. The summed E-state index contributed by atoms with van der Waals surface area (Å²) in [6, 6.07) is 13.5. The molecular weight excluding hydrogens is 424 g/mol. The van der Waals surface area contributed by atoms with E-state index in [4.69, 9.17) is 10.5 Å². The molecule has 0 aliphatic carbocycles. The molecule has 170 valence electrons. The predicted molar refractivity (Wildman–Crippen MR) is 128 cm³/mol. The van der Waals surface area contributed by atoms with Gasteiger partial charge in [0.1, 0.15) is 17.3 Å². The summed E-state index contributed by atoms with van der Waals surface area (Å²) in [6.07, 6.45) is 8.40. The first-order valence-corrected chi connectivity index (χ1v) is 12.4. The van der Waals surface area contributed by atoms with Crippen LogP contribution in [0.1, 0.15) is 30.4 Å². The van der Waals surface area contributed by atoms with Gasteiger partial charge in [-0.25, -0.2) is 0 Å². The Labute approximate surface area is 190 Å². The largest absolute Gasteiger partial charge is 0.490 e. The number of piperidine rings is 1. The lowest BCUT2D eigenvalue weighted by atomic mass is 10.1. The Kier molecular flexibility index (Phi) is 6.81. The summed E-state index contributed by atoms with van der Waals surface area (Å²) in [7, 11) is -2.04. The van der Waals surface area contributed by atoms with Crippen LogP contribution in [-0.4, -0.2) is 46.0 Å². The fraction of sp³-hybridized carbons (Fsp3) is 0.375. The molecule has 0 saturated carbocycles. The fourth-order valence-corrected chi connectivity index (χ4v) is 5.43. The van der Waals surface area contributed by atoms with E-state index in [-0.39, 0.29) is 10.9 Å². The summed E-state index contributed by atoms with van der Waals surface area (Å²) in [5.74, 6) is 0.831. The van der Waals surface area contributed by atoms with Gasteiger partial charge in [-0.05, 0) is 61.7 Å². The summed E-state index contributed by atoms with van der Waals surface area (Å²) in [5.41, 5.74) is 8.52. The molecule has 0 atom stereocenters. The molecule has 2 aromatic rings. The maximum absolute atomic E-state index is 12.3. The number of para-hydroxylation sites is 1. The normalized spacial score (nSPS) is 18.4. The Hall–Kier alpha value is -2.84. The molecule has 0 unspecified atom stereocenters. The van der Waals surface area contributed by atoms with Crippen molar-refractivity contribution in [1.82, 2.24) is 4.90 Å². The van der Waals surface area contributed by atoms with Gasteiger partial charge in [-0.15, -0.1) is 4.40 Å². The van der Waals surface area contributed by atoms with Crippen molar-refractivity contribution in [2.24, 2.45) is 10.1 Å². The average molecular weight is 455 g/mol. The molecule has 2 aliphatic rings. The number of guanidine groups is 1. The minimum Gasteiger partial charge on any atom is -0.490 e. The van der Waals surface area contributed by atoms with Crippen molar-refractivity contribution >= 4 is 21.7 Å². The van der Waals surface area contributed by atoms with E-state index < -0.39 is 10.0 Å². The maximum Gasteiger partial charge on any atom is 0.287 e. The van der Waals surface area contributed by atoms with Crippen LogP contribution in [0.2, 0.25) is 0 Å². The van der Waals surface area contributed by atoms with Gasteiger partial charge in [0.05, 0.1) is 5.69 Å². The topological polar surface area (TPSA) is 88.2 Å². The van der Waals surface area contributed by atoms with Gasteiger partial charge < -0.3 is 15.4 Å². The smallest absolute Gasteiger partial charge is 0.287 e. The van der Waals surface area contributed by atoms with Crippen LogP contribution < -0.4 is 15.4 Å². The molecule has 7 nitrogen and oxygen atoms in total. The quantitative estimate of drug-likeness (QED) is 0.646. The van der Waals surface area contributed by atoms with E-state index in [1.807, 2.05) is 30.4 Å². The van der Waals surface area contributed by atoms with Crippen LogP contribution in [0.4, 0.5) is 5.69 Å². The number of anilines is 1. The summed E-state index contributed by atoms with van der Waals surface area (Å²) >= 11 is 0. The highest BCUT2D eigenvalue weighted by Gasteiger charge is 2.29. The minimum absolute atomic E-state index is 0.0262. The molecular formula is C24H30N4O3S. The standard InChI is InChI=1S/C24H30N4O3S/c1-27-23-20(11-8-13-22(23)32(29,30)26-24(27)25)10-3-6-16-31-21-12-7-9-19(17-21)18-28-14-4-2-5-15-28/h3,6-9,11-13,17H,2,4-5,10,14-16,18H2,1H3,(H2,25,26)/b6-3+. The lowest BCUT2D eigenvalue weighted by Gasteiger charge is -2.26. The van der Waals surface area contributed by atoms with E-state index in [2.05, 4.69) is 21.4 Å². The maximum atomic E-state index is 12.3. The zero-order chi connectivity index (χ0) is 22.6. The Morgan fingerprint density at radius 1 is 1.09 bits per heavy atom. The highest BCUT2D eigenvalue weighted by Crippen LogP contribution is 2.33. The van der Waals surface area contributed by atoms with Crippen molar-refractivity contribution in [1.29, 1.82) is 0 Å². The summed E-state index contributed by atoms with van der Waals surface area (Å²) in [5, 5.41) is 0. The molecule has 0 radical (unpaired) electrons. The number of benzene rings is 2. The van der Waals surface area contributed by atoms with Gasteiger partial charge >= 0.3 is 0 Å². The molecule has 2 aromatic carbocycles. The first-order valence-electron chi connectivity index (χ1n) is 11.0. The molecule has 0 amide bonds. The van der Waals surface area contributed by atoms with Crippen molar-refractivity contribution in [3.05, 3.63) is 65.7 Å². The second-order valence-corrected chi connectivity index (χ2v) is 9.79. The van der Waals surface area contributed by atoms with E-state index in [0.29, 0.717) is 18.7 Å². The molecule has 2 aliphatic heterocycles. The van der Waals surface area contributed by atoms with Gasteiger partial charge in [0, 0.05) is 13.6 Å². The van der Waals surface area contributed by atoms with Crippen LogP contribution in [0.5, 0.6) is 5.75 Å². The molecule has 0 spiro atoms. The number of likely N-dealkylation sites (tertiary alicyclic amines) is 1. The van der Waals surface area contributed by atoms with Gasteiger partial charge in [-0.1, -0.05) is 42.8 Å². The number of nitrogens with two attached hydrogens (primary N) is 1. The first-order chi connectivity index (χ1) is 15.4. The first kappa shape index (κ1) is 22.4. The van der Waals surface area contributed by atoms with E-state index in [1.54, 1.807) is 24.1 Å². The van der Waals surface area contributed by atoms with Gasteiger partial charge in [0.15, 0.2) is 0 Å². The number of ether oxygens (including phenoxy) is 1. The van der Waals surface area contributed by atoms with Gasteiger partial charge in [-0.3, -0.25) is 4.90 Å². The predicted octanol–water partition coefficient (Wildman–Crippen LogP) is 3.30. The Morgan fingerprint density at radius 3 is 2.69 bits per heavy atom. The van der Waals surface area contributed by atoms with Gasteiger partial charge in [0.2, 0.25) is 5.96 Å². The molecule has 1 saturated heterocycles. The highest BCUT2D eigenvalue weighted by molar-refractivity contribution is 7.90. The van der Waals surface area contributed by atoms with Crippen LogP contribution in [0.15, 0.2) is 63.9 Å². The third-order valence-electron chi connectivity index (χ3n) is 5.86. The SMILES string of the molecule is CN1C(N)=NS(=O)(=O)c2cccc(C/C=C/COc3cccc(CN4CCCCC4)c3)c21. The third-order valence-corrected chi connectivity index (χ3v) is 7.17. The second kappa shape index (κ2) is 9.75. The number of sulfonamides is 1. The van der Waals surface area contributed by atoms with Gasteiger partial charge in [0.25, 0.3) is 10.0 Å². The number of fused-ring (bicyclic) bond motifs is 1. The Bertz CT molecular complexity index is 1120. The molecule has 8 heteroatoms. The van der Waals surface area contributed by atoms with Crippen molar-refractivity contribution < 1.29 is 13.2 Å². The Balaban J connectivity index is 1.35. The van der Waals surface area contributed by atoms with Crippen molar-refractivity contribution in [2.45, 2.75) is 37.1 Å². The molecule has 32 heavy (non-hydrogen) atoms. The minimum atomic E-state index is -3.76. The number of hydrogen-bond acceptors (Lipinski definition) is 6. The lowest BCUT2D eigenvalue weighted by Crippen LogP contribution is -2.39. The molecule has 0 bridgehead atoms. The zero-order valence-electron chi connectivity index (χ0n) is 18.4. The van der Waals surface area contributed by atoms with E-state index in [0.717, 1.165) is 17.9 Å². The van der Waals surface area contributed by atoms with Crippen LogP contribution in [0, 0.1) is 0 Å². The molecule has 2 heterocycles. The molecule has 4 rings (SSSR count). The van der Waals surface area contributed by atoms with Crippen molar-refractivity contribution in [3.8, 4) is 5.75 Å². The van der Waals surface area contributed by atoms with Crippen molar-refractivity contribution in [2.75, 3.05) is 31.6 Å². The number of nitrogens with zero attached hydrogens (tertiary/aromatic N) is 3. The molecule has 1 fully saturated rings. The van der Waals surface area contributed by atoms with E-state index in [9.17, 15) is 8.42 Å². The van der Waals surface area contributed by atoms with E-state index >= 15 is 0 Å². The summed E-state index contributed by atoms with van der Waals surface area (Å²) < 4.78 is 34.2. The lowest BCUT2D eigenvalue weighted by molar-refractivity contribution is 0.220. The number of rotatable bonds is 7. The monoisotopic (exact) mass is 454 g/mol. The van der Waals surface area contributed by atoms with Crippen molar-refractivity contribution in [3.63, 3.8) is 0 Å². The second-order valence-electron chi connectivity index (χ2n) is 8.22. The summed E-state index contributed by atoms with van der Waals surface area (Å²) in [6.45, 7) is 3.75. The van der Waals surface area contributed by atoms with Crippen LogP contribution in [0.3, 0.4) is 0 Å². The summed E-state index contributed by atoms with van der Waals surface area (Å²) in [4.78, 5) is 4.30. The third kappa shape index (κ3) is 5.14. The molecule has 0 aromatic heterocycles. The van der Waals surface area contributed by atoms with Crippen LogP contribution >= 0.6 is 0 Å². The van der Waals surface area contributed by atoms with E-state index in [1.165, 1.54) is 37.9 Å².